The molecule has 0 aromatic heterocycles. The van der Waals surface area contributed by atoms with Gasteiger partial charge in [-0.05, 0) is 25.8 Å². The minimum Gasteiger partial charge on any atom is -0.379 e. The van der Waals surface area contributed by atoms with Crippen LogP contribution in [0, 0.1) is 5.92 Å². The molecule has 1 N–H and O–H groups in total. The third kappa shape index (κ3) is 5.50. The van der Waals surface area contributed by atoms with Gasteiger partial charge in [-0.2, -0.15) is 0 Å². The number of hydrogen-bond acceptors (Lipinski definition) is 3. The Labute approximate surface area is 105 Å². The van der Waals surface area contributed by atoms with Crippen molar-refractivity contribution in [2.75, 3.05) is 39.4 Å². The number of nitrogens with one attached hydrogen (secondary N) is 1. The van der Waals surface area contributed by atoms with Gasteiger partial charge in [-0.25, -0.2) is 0 Å². The topological polar surface area (TPSA) is 41.6 Å². The molecule has 0 aromatic rings. The summed E-state index contributed by atoms with van der Waals surface area (Å²) in [6, 6.07) is 0. The van der Waals surface area contributed by atoms with Gasteiger partial charge in [0.05, 0.1) is 13.2 Å². The second kappa shape index (κ2) is 8.48. The summed E-state index contributed by atoms with van der Waals surface area (Å²) in [5.74, 6) is 0.412. The fourth-order valence-electron chi connectivity index (χ4n) is 2.14. The van der Waals surface area contributed by atoms with Gasteiger partial charge in [0.25, 0.3) is 0 Å². The van der Waals surface area contributed by atoms with E-state index in [9.17, 15) is 4.79 Å². The standard InChI is InChI=1S/C13H26N2O2/c1-3-12(4-2)13(16)14-6-5-7-15-8-10-17-11-9-15/h12H,3-11H2,1-2H3,(H,14,16). The molecule has 17 heavy (non-hydrogen) atoms. The molecule has 0 bridgehead atoms. The van der Waals surface area contributed by atoms with Gasteiger partial charge in [-0.3, -0.25) is 9.69 Å². The first-order valence-electron chi connectivity index (χ1n) is 6.85. The maximum atomic E-state index is 11.7. The normalized spacial score (nSPS) is 17.4. The summed E-state index contributed by atoms with van der Waals surface area (Å²) in [5.41, 5.74) is 0. The van der Waals surface area contributed by atoms with E-state index in [0.29, 0.717) is 0 Å². The van der Waals surface area contributed by atoms with E-state index in [1.165, 1.54) is 0 Å². The van der Waals surface area contributed by atoms with E-state index in [4.69, 9.17) is 4.74 Å². The Balaban J connectivity index is 2.04. The van der Waals surface area contributed by atoms with Crippen molar-refractivity contribution in [1.82, 2.24) is 10.2 Å². The molecular weight excluding hydrogens is 216 g/mol. The zero-order chi connectivity index (χ0) is 12.5. The number of ether oxygens (including phenoxy) is 1. The third-order valence-corrected chi connectivity index (χ3v) is 3.41. The Morgan fingerprint density at radius 1 is 1.29 bits per heavy atom. The van der Waals surface area contributed by atoms with Crippen LogP contribution < -0.4 is 5.32 Å². The van der Waals surface area contributed by atoms with Crippen LogP contribution in [0.2, 0.25) is 0 Å². The molecule has 0 spiro atoms. The van der Waals surface area contributed by atoms with E-state index in [-0.39, 0.29) is 11.8 Å². The van der Waals surface area contributed by atoms with Gasteiger partial charge in [0.2, 0.25) is 5.91 Å². The minimum atomic E-state index is 0.193. The van der Waals surface area contributed by atoms with Crippen LogP contribution in [0.15, 0.2) is 0 Å². The van der Waals surface area contributed by atoms with Crippen LogP contribution in [0.1, 0.15) is 33.1 Å². The molecule has 1 amide bonds. The van der Waals surface area contributed by atoms with Crippen LogP contribution in [0.3, 0.4) is 0 Å². The Morgan fingerprint density at radius 2 is 1.94 bits per heavy atom. The second-order valence-corrected chi connectivity index (χ2v) is 4.61. The van der Waals surface area contributed by atoms with Crippen molar-refractivity contribution in [2.45, 2.75) is 33.1 Å². The van der Waals surface area contributed by atoms with Gasteiger partial charge in [-0.15, -0.1) is 0 Å². The zero-order valence-electron chi connectivity index (χ0n) is 11.2. The second-order valence-electron chi connectivity index (χ2n) is 4.61. The molecule has 4 nitrogen and oxygen atoms in total. The maximum absolute atomic E-state index is 11.7. The van der Waals surface area contributed by atoms with Crippen LogP contribution >= 0.6 is 0 Å². The number of carbonyl (C=O) groups is 1. The first-order valence-corrected chi connectivity index (χ1v) is 6.85. The highest BCUT2D eigenvalue weighted by Crippen LogP contribution is 2.06. The smallest absolute Gasteiger partial charge is 0.223 e. The Hall–Kier alpha value is -0.610. The zero-order valence-corrected chi connectivity index (χ0v) is 11.2. The highest BCUT2D eigenvalue weighted by molar-refractivity contribution is 5.78. The van der Waals surface area contributed by atoms with E-state index >= 15 is 0 Å². The molecule has 0 saturated carbocycles. The molecule has 0 atom stereocenters. The van der Waals surface area contributed by atoms with Gasteiger partial charge in [0.1, 0.15) is 0 Å². The van der Waals surface area contributed by atoms with E-state index < -0.39 is 0 Å². The van der Waals surface area contributed by atoms with Gasteiger partial charge in [-0.1, -0.05) is 13.8 Å². The molecule has 4 heteroatoms. The van der Waals surface area contributed by atoms with Crippen molar-refractivity contribution in [2.24, 2.45) is 5.92 Å². The third-order valence-electron chi connectivity index (χ3n) is 3.41. The molecule has 0 radical (unpaired) electrons. The van der Waals surface area contributed by atoms with Gasteiger partial charge < -0.3 is 10.1 Å². The van der Waals surface area contributed by atoms with Crippen LogP contribution in [0.25, 0.3) is 0 Å². The molecule has 100 valence electrons. The molecule has 1 rings (SSSR count). The van der Waals surface area contributed by atoms with Gasteiger partial charge >= 0.3 is 0 Å². The lowest BCUT2D eigenvalue weighted by Gasteiger charge is -2.26. The van der Waals surface area contributed by atoms with E-state index in [0.717, 1.165) is 58.7 Å². The monoisotopic (exact) mass is 242 g/mol. The molecule has 1 aliphatic heterocycles. The average Bonchev–Trinajstić information content (AvgIpc) is 2.37. The number of carbonyl (C=O) groups excluding carboxylic acids is 1. The molecule has 1 aliphatic rings. The SMILES string of the molecule is CCC(CC)C(=O)NCCCN1CCOCC1. The Kier molecular flexibility index (Phi) is 7.21. The molecule has 1 saturated heterocycles. The highest BCUT2D eigenvalue weighted by atomic mass is 16.5. The molecule has 0 aromatic carbocycles. The summed E-state index contributed by atoms with van der Waals surface area (Å²) in [6.45, 7) is 9.75. The fourth-order valence-corrected chi connectivity index (χ4v) is 2.14. The van der Waals surface area contributed by atoms with Crippen LogP contribution in [0.4, 0.5) is 0 Å². The van der Waals surface area contributed by atoms with Crippen LogP contribution in [-0.2, 0) is 9.53 Å². The predicted molar refractivity (Wildman–Crippen MR) is 69.0 cm³/mol. The van der Waals surface area contributed by atoms with E-state index in [2.05, 4.69) is 24.1 Å². The number of rotatable bonds is 7. The quantitative estimate of drug-likeness (QED) is 0.683. The fraction of sp³-hybridized carbons (Fsp3) is 0.923. The molecule has 0 unspecified atom stereocenters. The van der Waals surface area contributed by atoms with Gasteiger partial charge in [0.15, 0.2) is 0 Å². The number of hydrogen-bond donors (Lipinski definition) is 1. The summed E-state index contributed by atoms with van der Waals surface area (Å²) in [7, 11) is 0. The van der Waals surface area contributed by atoms with Crippen LogP contribution in [-0.4, -0.2) is 50.2 Å². The van der Waals surface area contributed by atoms with Crippen molar-refractivity contribution in [3.05, 3.63) is 0 Å². The highest BCUT2D eigenvalue weighted by Gasteiger charge is 2.13. The largest absolute Gasteiger partial charge is 0.379 e. The van der Waals surface area contributed by atoms with Gasteiger partial charge in [0, 0.05) is 25.6 Å². The Morgan fingerprint density at radius 3 is 2.53 bits per heavy atom. The Bertz CT molecular complexity index is 211. The summed E-state index contributed by atoms with van der Waals surface area (Å²) >= 11 is 0. The average molecular weight is 242 g/mol. The summed E-state index contributed by atoms with van der Waals surface area (Å²) in [6.07, 6.45) is 2.91. The van der Waals surface area contributed by atoms with E-state index in [1.807, 2.05) is 0 Å². The van der Waals surface area contributed by atoms with Crippen molar-refractivity contribution >= 4 is 5.91 Å². The van der Waals surface area contributed by atoms with Crippen molar-refractivity contribution in [3.63, 3.8) is 0 Å². The first kappa shape index (κ1) is 14.5. The number of nitrogens with zero attached hydrogens (tertiary/aromatic N) is 1. The van der Waals surface area contributed by atoms with Crippen molar-refractivity contribution in [1.29, 1.82) is 0 Å². The maximum Gasteiger partial charge on any atom is 0.223 e. The molecule has 1 heterocycles. The minimum absolute atomic E-state index is 0.193. The number of amides is 1. The van der Waals surface area contributed by atoms with Crippen molar-refractivity contribution < 1.29 is 9.53 Å². The lowest BCUT2D eigenvalue weighted by Crippen LogP contribution is -2.38. The molecule has 0 aliphatic carbocycles. The number of morpholine rings is 1. The van der Waals surface area contributed by atoms with Crippen LogP contribution in [0.5, 0.6) is 0 Å². The summed E-state index contributed by atoms with van der Waals surface area (Å²) in [5, 5.41) is 3.03. The summed E-state index contributed by atoms with van der Waals surface area (Å²) < 4.78 is 5.29. The summed E-state index contributed by atoms with van der Waals surface area (Å²) in [4.78, 5) is 14.1. The molecular formula is C13H26N2O2. The van der Waals surface area contributed by atoms with E-state index in [1.54, 1.807) is 0 Å². The predicted octanol–water partition coefficient (Wildman–Crippen LogP) is 1.26. The molecule has 1 fully saturated rings. The first-order chi connectivity index (χ1) is 8.27. The lowest BCUT2D eigenvalue weighted by atomic mass is 10.0. The van der Waals surface area contributed by atoms with Crippen molar-refractivity contribution in [3.8, 4) is 0 Å². The lowest BCUT2D eigenvalue weighted by molar-refractivity contribution is -0.125.